The summed E-state index contributed by atoms with van der Waals surface area (Å²) < 4.78 is 37.4. The van der Waals surface area contributed by atoms with Crippen molar-refractivity contribution in [1.82, 2.24) is 0 Å². The molecule has 0 unspecified atom stereocenters. The van der Waals surface area contributed by atoms with Gasteiger partial charge in [0.25, 0.3) is 0 Å². The maximum Gasteiger partial charge on any atom is 0.441 e. The first-order valence-corrected chi connectivity index (χ1v) is 8.26. The summed E-state index contributed by atoms with van der Waals surface area (Å²) in [4.78, 5) is 0. The predicted molar refractivity (Wildman–Crippen MR) is 80.4 cm³/mol. The van der Waals surface area contributed by atoms with Crippen LogP contribution in [-0.2, 0) is 5.41 Å². The molecule has 0 heterocycles. The molecule has 0 aliphatic rings. The van der Waals surface area contributed by atoms with E-state index in [2.05, 4.69) is 15.9 Å². The Hall–Kier alpha value is 0.420. The first kappa shape index (κ1) is 17.5. The van der Waals surface area contributed by atoms with Gasteiger partial charge in [-0.2, -0.15) is 13.2 Å². The minimum atomic E-state index is -4.22. The lowest BCUT2D eigenvalue weighted by Gasteiger charge is -2.30. The van der Waals surface area contributed by atoms with Crippen molar-refractivity contribution in [3.8, 4) is 0 Å². The van der Waals surface area contributed by atoms with E-state index in [1.807, 2.05) is 24.3 Å². The SMILES string of the molecule is FC(F)(F)SCCC(CCl)(CCl)c1cccc(Br)c1. The smallest absolute Gasteiger partial charge is 0.160 e. The van der Waals surface area contributed by atoms with Gasteiger partial charge < -0.3 is 0 Å². The van der Waals surface area contributed by atoms with E-state index in [1.54, 1.807) is 0 Å². The Balaban J connectivity index is 2.85. The minimum absolute atomic E-state index is 0.0390. The topological polar surface area (TPSA) is 0 Å². The molecule has 0 amide bonds. The molecule has 0 atom stereocenters. The van der Waals surface area contributed by atoms with Gasteiger partial charge in [0.15, 0.2) is 0 Å². The predicted octanol–water partition coefficient (Wildman–Crippen LogP) is 5.81. The Morgan fingerprint density at radius 1 is 1.16 bits per heavy atom. The molecule has 0 fully saturated rings. The summed E-state index contributed by atoms with van der Waals surface area (Å²) >= 11 is 15.2. The zero-order valence-corrected chi connectivity index (χ0v) is 13.7. The Labute approximate surface area is 133 Å². The average molecular weight is 396 g/mol. The van der Waals surface area contributed by atoms with Crippen molar-refractivity contribution in [1.29, 1.82) is 0 Å². The Morgan fingerprint density at radius 2 is 1.79 bits per heavy atom. The lowest BCUT2D eigenvalue weighted by Crippen LogP contribution is -2.31. The molecule has 0 nitrogen and oxygen atoms in total. The third kappa shape index (κ3) is 5.37. The van der Waals surface area contributed by atoms with Crippen molar-refractivity contribution in [2.45, 2.75) is 17.3 Å². The monoisotopic (exact) mass is 394 g/mol. The molecule has 1 rings (SSSR count). The molecule has 0 aliphatic carbocycles. The van der Waals surface area contributed by atoms with Crippen molar-refractivity contribution in [3.05, 3.63) is 34.3 Å². The standard InChI is InChI=1S/C12H12BrCl2F3S/c13-10-3-1-2-9(6-10)11(7-14,8-15)4-5-19-12(16,17)18/h1-3,6H,4-5,7-8H2. The second-order valence-corrected chi connectivity index (χ2v) is 6.71. The van der Waals surface area contributed by atoms with Crippen LogP contribution < -0.4 is 0 Å². The van der Waals surface area contributed by atoms with E-state index in [0.717, 1.165) is 10.0 Å². The first-order valence-electron chi connectivity index (χ1n) is 5.42. The molecule has 0 bridgehead atoms. The van der Waals surface area contributed by atoms with E-state index in [1.165, 1.54) is 0 Å². The lowest BCUT2D eigenvalue weighted by atomic mass is 9.82. The molecule has 0 N–H and O–H groups in total. The van der Waals surface area contributed by atoms with Gasteiger partial charge in [-0.3, -0.25) is 0 Å². The van der Waals surface area contributed by atoms with Gasteiger partial charge in [0.05, 0.1) is 0 Å². The molecular weight excluding hydrogens is 384 g/mol. The molecule has 0 aliphatic heterocycles. The highest BCUT2D eigenvalue weighted by atomic mass is 79.9. The normalized spacial score (nSPS) is 12.7. The van der Waals surface area contributed by atoms with Crippen molar-refractivity contribution in [2.24, 2.45) is 0 Å². The van der Waals surface area contributed by atoms with E-state index in [4.69, 9.17) is 23.2 Å². The molecule has 0 aromatic heterocycles. The van der Waals surface area contributed by atoms with E-state index in [-0.39, 0.29) is 35.7 Å². The van der Waals surface area contributed by atoms with Crippen LogP contribution in [0.1, 0.15) is 12.0 Å². The zero-order chi connectivity index (χ0) is 14.5. The summed E-state index contributed by atoms with van der Waals surface area (Å²) in [6, 6.07) is 7.36. The molecule has 0 spiro atoms. The van der Waals surface area contributed by atoms with E-state index in [0.29, 0.717) is 0 Å². The van der Waals surface area contributed by atoms with Crippen LogP contribution in [0.25, 0.3) is 0 Å². The summed E-state index contributed by atoms with van der Waals surface area (Å²) in [5.41, 5.74) is -4.00. The lowest BCUT2D eigenvalue weighted by molar-refractivity contribution is -0.0328. The summed E-state index contributed by atoms with van der Waals surface area (Å²) in [5, 5.41) is 0. The van der Waals surface area contributed by atoms with Crippen LogP contribution in [0.2, 0.25) is 0 Å². The highest BCUT2D eigenvalue weighted by molar-refractivity contribution is 9.10. The molecule has 1 aromatic rings. The third-order valence-corrected chi connectivity index (χ3v) is 5.05. The van der Waals surface area contributed by atoms with Crippen LogP contribution in [0.5, 0.6) is 0 Å². The van der Waals surface area contributed by atoms with Gasteiger partial charge in [0, 0.05) is 27.4 Å². The van der Waals surface area contributed by atoms with Gasteiger partial charge in [-0.15, -0.1) is 23.2 Å². The highest BCUT2D eigenvalue weighted by Gasteiger charge is 2.34. The van der Waals surface area contributed by atoms with E-state index in [9.17, 15) is 13.2 Å². The second-order valence-electron chi connectivity index (χ2n) is 4.10. The molecule has 0 radical (unpaired) electrons. The number of thioether (sulfide) groups is 1. The van der Waals surface area contributed by atoms with Crippen molar-refractivity contribution in [3.63, 3.8) is 0 Å². The Bertz CT molecular complexity index is 408. The fourth-order valence-electron chi connectivity index (χ4n) is 1.65. The van der Waals surface area contributed by atoms with Crippen molar-refractivity contribution >= 4 is 50.9 Å². The molecule has 108 valence electrons. The third-order valence-electron chi connectivity index (χ3n) is 2.79. The van der Waals surface area contributed by atoms with Crippen molar-refractivity contribution < 1.29 is 13.2 Å². The number of benzene rings is 1. The molecule has 0 saturated carbocycles. The van der Waals surface area contributed by atoms with E-state index < -0.39 is 10.9 Å². The molecule has 7 heteroatoms. The molecule has 0 saturated heterocycles. The molecule has 1 aromatic carbocycles. The van der Waals surface area contributed by atoms with Gasteiger partial charge in [-0.1, -0.05) is 39.8 Å². The van der Waals surface area contributed by atoms with Crippen LogP contribution in [-0.4, -0.2) is 23.0 Å². The fraction of sp³-hybridized carbons (Fsp3) is 0.500. The van der Waals surface area contributed by atoms with Crippen LogP contribution in [0.4, 0.5) is 13.2 Å². The van der Waals surface area contributed by atoms with Crippen LogP contribution in [0, 0.1) is 0 Å². The number of hydrogen-bond acceptors (Lipinski definition) is 1. The van der Waals surface area contributed by atoms with Crippen LogP contribution >= 0.6 is 50.9 Å². The molecule has 19 heavy (non-hydrogen) atoms. The number of alkyl halides is 5. The Morgan fingerprint density at radius 3 is 2.26 bits per heavy atom. The van der Waals surface area contributed by atoms with Crippen LogP contribution in [0.15, 0.2) is 28.7 Å². The summed E-state index contributed by atoms with van der Waals surface area (Å²) in [6.45, 7) is 0. The number of halogens is 6. The quantitative estimate of drug-likeness (QED) is 0.548. The van der Waals surface area contributed by atoms with Gasteiger partial charge >= 0.3 is 5.51 Å². The van der Waals surface area contributed by atoms with E-state index >= 15 is 0 Å². The maximum atomic E-state index is 12.2. The second kappa shape index (κ2) is 7.43. The maximum absolute atomic E-state index is 12.2. The molecular formula is C12H12BrCl2F3S. The zero-order valence-electron chi connectivity index (χ0n) is 9.81. The Kier molecular flexibility index (Phi) is 6.84. The van der Waals surface area contributed by atoms with Crippen LogP contribution in [0.3, 0.4) is 0 Å². The van der Waals surface area contributed by atoms with Gasteiger partial charge in [-0.25, -0.2) is 0 Å². The first-order chi connectivity index (χ1) is 8.83. The number of hydrogen-bond donors (Lipinski definition) is 0. The van der Waals surface area contributed by atoms with Gasteiger partial charge in [0.1, 0.15) is 0 Å². The number of rotatable bonds is 6. The fourth-order valence-corrected chi connectivity index (χ4v) is 3.63. The minimum Gasteiger partial charge on any atom is -0.160 e. The largest absolute Gasteiger partial charge is 0.441 e. The summed E-state index contributed by atoms with van der Waals surface area (Å²) in [5.74, 6) is 0.312. The highest BCUT2D eigenvalue weighted by Crippen LogP contribution is 2.37. The summed E-state index contributed by atoms with van der Waals surface area (Å²) in [6.07, 6.45) is 0.278. The van der Waals surface area contributed by atoms with Gasteiger partial charge in [-0.05, 0) is 24.1 Å². The summed E-state index contributed by atoms with van der Waals surface area (Å²) in [7, 11) is 0. The average Bonchev–Trinajstić information content (AvgIpc) is 2.34. The van der Waals surface area contributed by atoms with Gasteiger partial charge in [0.2, 0.25) is 0 Å². The van der Waals surface area contributed by atoms with Crippen molar-refractivity contribution in [2.75, 3.05) is 17.5 Å².